The highest BCUT2D eigenvalue weighted by atomic mass is 16.2. The summed E-state index contributed by atoms with van der Waals surface area (Å²) in [5.41, 5.74) is 2.54. The number of piperidine rings is 1. The number of pyridine rings is 1. The number of hydrogen-bond acceptors (Lipinski definition) is 3. The number of aryl methyl sites for hydroxylation is 1. The Morgan fingerprint density at radius 3 is 2.58 bits per heavy atom. The van der Waals surface area contributed by atoms with Crippen molar-refractivity contribution in [3.63, 3.8) is 0 Å². The molecule has 1 aliphatic rings. The average molecular weight is 351 g/mol. The number of carbonyl (C=O) groups excluding carboxylic acids is 2. The lowest BCUT2D eigenvalue weighted by Gasteiger charge is -2.32. The molecule has 1 aliphatic heterocycles. The lowest BCUT2D eigenvalue weighted by atomic mass is 9.91. The van der Waals surface area contributed by atoms with Crippen molar-refractivity contribution in [3.05, 3.63) is 59.9 Å². The third-order valence-corrected chi connectivity index (χ3v) is 5.02. The second-order valence-electron chi connectivity index (χ2n) is 6.88. The standard InChI is InChI=1S/C21H25N3O2/c1-16-9-12-22-15-19(16)23-20(25)8-7-17-10-13-24(14-11-17)21(26)18-5-3-2-4-6-18/h2-6,9,12,15,17H,7-8,10-11,13-14H2,1H3,(H,23,25). The predicted octanol–water partition coefficient (Wildman–Crippen LogP) is 3.66. The van der Waals surface area contributed by atoms with E-state index in [1.165, 1.54) is 0 Å². The van der Waals surface area contributed by atoms with Gasteiger partial charge < -0.3 is 10.2 Å². The number of amides is 2. The van der Waals surface area contributed by atoms with E-state index in [2.05, 4.69) is 10.3 Å². The summed E-state index contributed by atoms with van der Waals surface area (Å²) in [6.45, 7) is 3.49. The number of likely N-dealkylation sites (tertiary alicyclic amines) is 1. The molecule has 3 rings (SSSR count). The largest absolute Gasteiger partial charge is 0.339 e. The Hall–Kier alpha value is -2.69. The zero-order valence-electron chi connectivity index (χ0n) is 15.1. The highest BCUT2D eigenvalue weighted by Gasteiger charge is 2.23. The van der Waals surface area contributed by atoms with E-state index < -0.39 is 0 Å². The summed E-state index contributed by atoms with van der Waals surface area (Å²) < 4.78 is 0. The molecule has 26 heavy (non-hydrogen) atoms. The number of nitrogens with one attached hydrogen (secondary N) is 1. The van der Waals surface area contributed by atoms with Gasteiger partial charge in [-0.1, -0.05) is 18.2 Å². The lowest BCUT2D eigenvalue weighted by molar-refractivity contribution is -0.116. The van der Waals surface area contributed by atoms with Crippen LogP contribution < -0.4 is 5.32 Å². The molecule has 2 amide bonds. The summed E-state index contributed by atoms with van der Waals surface area (Å²) in [4.78, 5) is 30.6. The van der Waals surface area contributed by atoms with Crippen molar-refractivity contribution in [2.45, 2.75) is 32.6 Å². The van der Waals surface area contributed by atoms with Gasteiger partial charge in [-0.05, 0) is 55.9 Å². The topological polar surface area (TPSA) is 62.3 Å². The molecule has 5 heteroatoms. The summed E-state index contributed by atoms with van der Waals surface area (Å²) in [6, 6.07) is 11.3. The second kappa shape index (κ2) is 8.61. The van der Waals surface area contributed by atoms with E-state index in [0.29, 0.717) is 12.3 Å². The van der Waals surface area contributed by atoms with E-state index >= 15 is 0 Å². The molecular weight excluding hydrogens is 326 g/mol. The fourth-order valence-electron chi connectivity index (χ4n) is 3.33. The van der Waals surface area contributed by atoms with E-state index in [1.807, 2.05) is 48.2 Å². The van der Waals surface area contributed by atoms with Crippen molar-refractivity contribution in [2.75, 3.05) is 18.4 Å². The zero-order chi connectivity index (χ0) is 18.4. The van der Waals surface area contributed by atoms with Crippen LogP contribution >= 0.6 is 0 Å². The van der Waals surface area contributed by atoms with Crippen molar-refractivity contribution in [2.24, 2.45) is 5.92 Å². The van der Waals surface area contributed by atoms with Crippen LogP contribution in [0.4, 0.5) is 5.69 Å². The fourth-order valence-corrected chi connectivity index (χ4v) is 3.33. The van der Waals surface area contributed by atoms with Crippen LogP contribution in [0.25, 0.3) is 0 Å². The third-order valence-electron chi connectivity index (χ3n) is 5.02. The number of aromatic nitrogens is 1. The Morgan fingerprint density at radius 2 is 1.88 bits per heavy atom. The molecule has 0 saturated carbocycles. The van der Waals surface area contributed by atoms with Crippen molar-refractivity contribution < 1.29 is 9.59 Å². The molecule has 1 fully saturated rings. The SMILES string of the molecule is Cc1ccncc1NC(=O)CCC1CCN(C(=O)c2ccccc2)CC1. The monoisotopic (exact) mass is 351 g/mol. The minimum absolute atomic E-state index is 0.0314. The Balaban J connectivity index is 1.42. The van der Waals surface area contributed by atoms with Crippen LogP contribution in [0.1, 0.15) is 41.6 Å². The number of nitrogens with zero attached hydrogens (tertiary/aromatic N) is 2. The minimum atomic E-state index is 0.0314. The Bertz CT molecular complexity index is 753. The van der Waals surface area contributed by atoms with Crippen molar-refractivity contribution in [1.82, 2.24) is 9.88 Å². The van der Waals surface area contributed by atoms with E-state index in [0.717, 1.165) is 49.2 Å². The Morgan fingerprint density at radius 1 is 1.15 bits per heavy atom. The van der Waals surface area contributed by atoms with Gasteiger partial charge in [-0.2, -0.15) is 0 Å². The van der Waals surface area contributed by atoms with Gasteiger partial charge in [0, 0.05) is 31.3 Å². The molecule has 2 aromatic rings. The van der Waals surface area contributed by atoms with Gasteiger partial charge in [0.1, 0.15) is 0 Å². The molecular formula is C21H25N3O2. The molecule has 0 bridgehead atoms. The van der Waals surface area contributed by atoms with Gasteiger partial charge in [-0.3, -0.25) is 14.6 Å². The zero-order valence-corrected chi connectivity index (χ0v) is 15.1. The Kier molecular flexibility index (Phi) is 6.00. The van der Waals surface area contributed by atoms with Crippen molar-refractivity contribution >= 4 is 17.5 Å². The summed E-state index contributed by atoms with van der Waals surface area (Å²) in [5, 5.41) is 2.93. The van der Waals surface area contributed by atoms with E-state index in [1.54, 1.807) is 12.4 Å². The number of anilines is 1. The van der Waals surface area contributed by atoms with Gasteiger partial charge in [0.05, 0.1) is 11.9 Å². The molecule has 1 saturated heterocycles. The second-order valence-corrected chi connectivity index (χ2v) is 6.88. The highest BCUT2D eigenvalue weighted by Crippen LogP contribution is 2.23. The first-order valence-electron chi connectivity index (χ1n) is 9.18. The smallest absolute Gasteiger partial charge is 0.253 e. The van der Waals surface area contributed by atoms with E-state index in [-0.39, 0.29) is 11.8 Å². The number of rotatable bonds is 5. The highest BCUT2D eigenvalue weighted by molar-refractivity contribution is 5.94. The summed E-state index contributed by atoms with van der Waals surface area (Å²) >= 11 is 0. The normalized spacial score (nSPS) is 14.9. The third kappa shape index (κ3) is 4.69. The van der Waals surface area contributed by atoms with Crippen LogP contribution in [0.5, 0.6) is 0 Å². The number of carbonyl (C=O) groups is 2. The fraction of sp³-hybridized carbons (Fsp3) is 0.381. The van der Waals surface area contributed by atoms with Gasteiger partial charge >= 0.3 is 0 Å². The van der Waals surface area contributed by atoms with Crippen LogP contribution in [-0.4, -0.2) is 34.8 Å². The van der Waals surface area contributed by atoms with Gasteiger partial charge in [-0.15, -0.1) is 0 Å². The van der Waals surface area contributed by atoms with Crippen LogP contribution in [0.3, 0.4) is 0 Å². The van der Waals surface area contributed by atoms with Crippen LogP contribution in [-0.2, 0) is 4.79 Å². The minimum Gasteiger partial charge on any atom is -0.339 e. The molecule has 5 nitrogen and oxygen atoms in total. The lowest BCUT2D eigenvalue weighted by Crippen LogP contribution is -2.38. The van der Waals surface area contributed by atoms with Crippen molar-refractivity contribution in [3.8, 4) is 0 Å². The first-order chi connectivity index (χ1) is 12.6. The summed E-state index contributed by atoms with van der Waals surface area (Å²) in [7, 11) is 0. The number of hydrogen-bond donors (Lipinski definition) is 1. The van der Waals surface area contributed by atoms with Crippen LogP contribution in [0.15, 0.2) is 48.8 Å². The van der Waals surface area contributed by atoms with Gasteiger partial charge in [0.2, 0.25) is 5.91 Å². The van der Waals surface area contributed by atoms with Gasteiger partial charge in [-0.25, -0.2) is 0 Å². The maximum atomic E-state index is 12.5. The van der Waals surface area contributed by atoms with Gasteiger partial charge in [0.15, 0.2) is 0 Å². The molecule has 0 radical (unpaired) electrons. The van der Waals surface area contributed by atoms with E-state index in [9.17, 15) is 9.59 Å². The molecule has 1 aromatic heterocycles. The molecule has 1 N–H and O–H groups in total. The first-order valence-corrected chi connectivity index (χ1v) is 9.18. The molecule has 1 aromatic carbocycles. The molecule has 0 aliphatic carbocycles. The molecule has 136 valence electrons. The summed E-state index contributed by atoms with van der Waals surface area (Å²) in [6.07, 6.45) is 6.68. The Labute approximate surface area is 154 Å². The van der Waals surface area contributed by atoms with Crippen LogP contribution in [0, 0.1) is 12.8 Å². The molecule has 0 atom stereocenters. The van der Waals surface area contributed by atoms with Crippen molar-refractivity contribution in [1.29, 1.82) is 0 Å². The van der Waals surface area contributed by atoms with Gasteiger partial charge in [0.25, 0.3) is 5.91 Å². The van der Waals surface area contributed by atoms with E-state index in [4.69, 9.17) is 0 Å². The quantitative estimate of drug-likeness (QED) is 0.894. The molecule has 2 heterocycles. The van der Waals surface area contributed by atoms with Crippen LogP contribution in [0.2, 0.25) is 0 Å². The first kappa shape index (κ1) is 18.1. The predicted molar refractivity (Wildman–Crippen MR) is 102 cm³/mol. The molecule has 0 spiro atoms. The summed E-state index contributed by atoms with van der Waals surface area (Å²) in [5.74, 6) is 0.633. The molecule has 0 unspecified atom stereocenters. The number of benzene rings is 1. The average Bonchev–Trinajstić information content (AvgIpc) is 2.69. The maximum absolute atomic E-state index is 12.5. The maximum Gasteiger partial charge on any atom is 0.253 e.